The Morgan fingerprint density at radius 1 is 1.08 bits per heavy atom. The van der Waals surface area contributed by atoms with Gasteiger partial charge in [0, 0.05) is 17.8 Å². The predicted octanol–water partition coefficient (Wildman–Crippen LogP) is 3.49. The summed E-state index contributed by atoms with van der Waals surface area (Å²) in [6, 6.07) is 15.9. The highest BCUT2D eigenvalue weighted by Crippen LogP contribution is 2.18. The van der Waals surface area contributed by atoms with Gasteiger partial charge in [0.1, 0.15) is 5.82 Å². The molecule has 0 spiro atoms. The lowest BCUT2D eigenvalue weighted by Gasteiger charge is -2.07. The molecular weight excluding hydrogens is 317 g/mol. The number of benzene rings is 2. The van der Waals surface area contributed by atoms with Crippen molar-refractivity contribution >= 4 is 5.91 Å². The van der Waals surface area contributed by atoms with Crippen molar-refractivity contribution in [3.8, 4) is 5.69 Å². The van der Waals surface area contributed by atoms with Crippen molar-refractivity contribution in [1.29, 1.82) is 0 Å². The first-order chi connectivity index (χ1) is 12.0. The molecule has 1 aromatic heterocycles. The van der Waals surface area contributed by atoms with Crippen molar-refractivity contribution in [2.75, 3.05) is 0 Å². The Labute approximate surface area is 146 Å². The molecule has 0 aliphatic carbocycles. The molecule has 1 N–H and O–H groups in total. The molecule has 5 heteroatoms. The SMILES string of the molecule is Cc1nn(-c2ccc(F)cc2)c(C)c1CC(=O)NCc1ccccc1. The van der Waals surface area contributed by atoms with Gasteiger partial charge in [-0.15, -0.1) is 0 Å². The van der Waals surface area contributed by atoms with Gasteiger partial charge in [0.15, 0.2) is 0 Å². The van der Waals surface area contributed by atoms with Gasteiger partial charge in [0.25, 0.3) is 0 Å². The average Bonchev–Trinajstić information content (AvgIpc) is 2.90. The zero-order valence-corrected chi connectivity index (χ0v) is 14.3. The van der Waals surface area contributed by atoms with Crippen LogP contribution in [-0.4, -0.2) is 15.7 Å². The first kappa shape index (κ1) is 16.9. The Morgan fingerprint density at radius 2 is 1.76 bits per heavy atom. The van der Waals surface area contributed by atoms with Gasteiger partial charge in [-0.25, -0.2) is 9.07 Å². The molecule has 0 saturated heterocycles. The third-order valence-electron chi connectivity index (χ3n) is 4.18. The minimum absolute atomic E-state index is 0.0475. The first-order valence-electron chi connectivity index (χ1n) is 8.16. The van der Waals surface area contributed by atoms with Gasteiger partial charge >= 0.3 is 0 Å². The van der Waals surface area contributed by atoms with E-state index in [4.69, 9.17) is 0 Å². The first-order valence-corrected chi connectivity index (χ1v) is 8.16. The van der Waals surface area contributed by atoms with Crippen LogP contribution in [0.25, 0.3) is 5.69 Å². The standard InChI is InChI=1S/C20H20FN3O/c1-14-19(12-20(25)22-13-16-6-4-3-5-7-16)15(2)24(23-14)18-10-8-17(21)9-11-18/h3-11H,12-13H2,1-2H3,(H,22,25). The van der Waals surface area contributed by atoms with Gasteiger partial charge < -0.3 is 5.32 Å². The summed E-state index contributed by atoms with van der Waals surface area (Å²) in [5.41, 5.74) is 4.43. The predicted molar refractivity (Wildman–Crippen MR) is 95.0 cm³/mol. The number of amides is 1. The van der Waals surface area contributed by atoms with Crippen molar-refractivity contribution in [2.45, 2.75) is 26.8 Å². The van der Waals surface area contributed by atoms with Crippen molar-refractivity contribution in [3.63, 3.8) is 0 Å². The minimum atomic E-state index is -0.286. The van der Waals surface area contributed by atoms with E-state index in [1.54, 1.807) is 16.8 Å². The fourth-order valence-corrected chi connectivity index (χ4v) is 2.78. The van der Waals surface area contributed by atoms with Crippen molar-refractivity contribution in [3.05, 3.63) is 82.9 Å². The summed E-state index contributed by atoms with van der Waals surface area (Å²) < 4.78 is 14.8. The van der Waals surface area contributed by atoms with E-state index in [1.165, 1.54) is 12.1 Å². The normalized spacial score (nSPS) is 10.7. The highest BCUT2D eigenvalue weighted by molar-refractivity contribution is 5.79. The molecule has 1 heterocycles. The summed E-state index contributed by atoms with van der Waals surface area (Å²) in [6.07, 6.45) is 0.270. The quantitative estimate of drug-likeness (QED) is 0.775. The largest absolute Gasteiger partial charge is 0.352 e. The topological polar surface area (TPSA) is 46.9 Å². The lowest BCUT2D eigenvalue weighted by atomic mass is 10.1. The molecule has 1 amide bonds. The van der Waals surface area contributed by atoms with E-state index in [0.29, 0.717) is 6.54 Å². The lowest BCUT2D eigenvalue weighted by Crippen LogP contribution is -2.25. The van der Waals surface area contributed by atoms with E-state index >= 15 is 0 Å². The van der Waals surface area contributed by atoms with Crippen LogP contribution < -0.4 is 5.32 Å². The summed E-state index contributed by atoms with van der Waals surface area (Å²) in [5.74, 6) is -0.334. The molecule has 128 valence electrons. The third-order valence-corrected chi connectivity index (χ3v) is 4.18. The van der Waals surface area contributed by atoms with E-state index in [2.05, 4.69) is 10.4 Å². The van der Waals surface area contributed by atoms with Crippen molar-refractivity contribution in [1.82, 2.24) is 15.1 Å². The molecule has 0 fully saturated rings. The van der Waals surface area contributed by atoms with Crippen molar-refractivity contribution in [2.24, 2.45) is 0 Å². The smallest absolute Gasteiger partial charge is 0.224 e. The second kappa shape index (κ2) is 7.30. The molecular formula is C20H20FN3O. The minimum Gasteiger partial charge on any atom is -0.352 e. The number of nitrogens with one attached hydrogen (secondary N) is 1. The van der Waals surface area contributed by atoms with Gasteiger partial charge in [0.2, 0.25) is 5.91 Å². The van der Waals surface area contributed by atoms with Gasteiger partial charge in [-0.1, -0.05) is 30.3 Å². The third kappa shape index (κ3) is 3.94. The summed E-state index contributed by atoms with van der Waals surface area (Å²) in [5, 5.41) is 7.43. The number of hydrogen-bond acceptors (Lipinski definition) is 2. The number of carbonyl (C=O) groups is 1. The summed E-state index contributed by atoms with van der Waals surface area (Å²) in [6.45, 7) is 4.31. The van der Waals surface area contributed by atoms with E-state index in [9.17, 15) is 9.18 Å². The molecule has 2 aromatic carbocycles. The van der Waals surface area contributed by atoms with Crippen LogP contribution in [0.15, 0.2) is 54.6 Å². The summed E-state index contributed by atoms with van der Waals surface area (Å²) >= 11 is 0. The Morgan fingerprint density at radius 3 is 2.44 bits per heavy atom. The Hall–Kier alpha value is -2.95. The van der Waals surface area contributed by atoms with Gasteiger partial charge in [0.05, 0.1) is 17.8 Å². The van der Waals surface area contributed by atoms with Crippen LogP contribution in [0.4, 0.5) is 4.39 Å². The van der Waals surface area contributed by atoms with E-state index < -0.39 is 0 Å². The highest BCUT2D eigenvalue weighted by Gasteiger charge is 2.16. The number of nitrogens with zero attached hydrogens (tertiary/aromatic N) is 2. The molecule has 4 nitrogen and oxygen atoms in total. The maximum atomic E-state index is 13.1. The van der Waals surface area contributed by atoms with Crippen LogP contribution in [0.1, 0.15) is 22.5 Å². The number of rotatable bonds is 5. The molecule has 0 atom stereocenters. The van der Waals surface area contributed by atoms with Crippen LogP contribution >= 0.6 is 0 Å². The molecule has 0 unspecified atom stereocenters. The van der Waals surface area contributed by atoms with Gasteiger partial charge in [-0.3, -0.25) is 4.79 Å². The Bertz CT molecular complexity index is 870. The molecule has 0 saturated carbocycles. The average molecular weight is 337 g/mol. The molecule has 3 rings (SSSR count). The number of aryl methyl sites for hydroxylation is 1. The monoisotopic (exact) mass is 337 g/mol. The number of carbonyl (C=O) groups excluding carboxylic acids is 1. The van der Waals surface area contributed by atoms with Gasteiger partial charge in [-0.05, 0) is 43.7 Å². The lowest BCUT2D eigenvalue weighted by molar-refractivity contribution is -0.120. The van der Waals surface area contributed by atoms with E-state index in [1.807, 2.05) is 44.2 Å². The van der Waals surface area contributed by atoms with Crippen LogP contribution in [0.5, 0.6) is 0 Å². The van der Waals surface area contributed by atoms with Crippen LogP contribution in [0, 0.1) is 19.7 Å². The molecule has 0 aliphatic heterocycles. The van der Waals surface area contributed by atoms with E-state index in [0.717, 1.165) is 28.2 Å². The van der Waals surface area contributed by atoms with Gasteiger partial charge in [-0.2, -0.15) is 5.10 Å². The second-order valence-electron chi connectivity index (χ2n) is 5.98. The van der Waals surface area contributed by atoms with Crippen LogP contribution in [0.2, 0.25) is 0 Å². The fourth-order valence-electron chi connectivity index (χ4n) is 2.78. The highest BCUT2D eigenvalue weighted by atomic mass is 19.1. The molecule has 25 heavy (non-hydrogen) atoms. The summed E-state index contributed by atoms with van der Waals surface area (Å²) in [4.78, 5) is 12.3. The van der Waals surface area contributed by atoms with Crippen molar-refractivity contribution < 1.29 is 9.18 Å². The van der Waals surface area contributed by atoms with Crippen LogP contribution in [-0.2, 0) is 17.8 Å². The Balaban J connectivity index is 1.72. The molecule has 3 aromatic rings. The number of hydrogen-bond donors (Lipinski definition) is 1. The molecule has 0 bridgehead atoms. The Kier molecular flexibility index (Phi) is 4.93. The maximum absolute atomic E-state index is 13.1. The molecule has 0 aliphatic rings. The fraction of sp³-hybridized carbons (Fsp3) is 0.200. The summed E-state index contributed by atoms with van der Waals surface area (Å²) in [7, 11) is 0. The zero-order chi connectivity index (χ0) is 17.8. The maximum Gasteiger partial charge on any atom is 0.224 e. The van der Waals surface area contributed by atoms with E-state index in [-0.39, 0.29) is 18.1 Å². The zero-order valence-electron chi connectivity index (χ0n) is 14.3. The molecule has 0 radical (unpaired) electrons. The number of halogens is 1. The number of aromatic nitrogens is 2. The second-order valence-corrected chi connectivity index (χ2v) is 5.98. The van der Waals surface area contributed by atoms with Crippen LogP contribution in [0.3, 0.4) is 0 Å².